The Bertz CT molecular complexity index is 3540. The van der Waals surface area contributed by atoms with Crippen LogP contribution in [0.25, 0.3) is 121 Å². The first-order valence-electron chi connectivity index (χ1n) is 18.7. The van der Waals surface area contributed by atoms with Gasteiger partial charge in [0, 0.05) is 64.1 Å². The molecule has 8 heteroatoms. The molecule has 7 aromatic carbocycles. The molecule has 0 aliphatic carbocycles. The van der Waals surface area contributed by atoms with E-state index in [4.69, 9.17) is 33.8 Å². The van der Waals surface area contributed by atoms with E-state index < -0.39 is 0 Å². The monoisotopic (exact) mass is 749 g/mol. The highest BCUT2D eigenvalue weighted by Crippen LogP contribution is 2.44. The van der Waals surface area contributed by atoms with Crippen molar-refractivity contribution in [3.05, 3.63) is 164 Å². The van der Waals surface area contributed by atoms with Crippen molar-refractivity contribution in [2.75, 3.05) is 0 Å². The van der Waals surface area contributed by atoms with E-state index in [1.807, 2.05) is 109 Å². The molecule has 12 aromatic rings. The lowest BCUT2D eigenvalue weighted by Crippen LogP contribution is -2.00. The van der Waals surface area contributed by atoms with Crippen molar-refractivity contribution in [1.29, 1.82) is 0 Å². The second kappa shape index (κ2) is 12.5. The van der Waals surface area contributed by atoms with Gasteiger partial charge in [-0.3, -0.25) is 0 Å². The fraction of sp³-hybridized carbons (Fsp3) is 0. The standard InChI is InChI=1S/C49H27N5O2S/c1-3-14-28(15-4-1)46-50-41-32-19-7-9-25-37(32)55-44(41)42(51-46)35-23-12-21-33-40-34(22-13-26-38(40)56-43(33)35)48-52-47(29-16-5-2-6-17-29)53-49(54-48)36-24-11-20-31-30-18-8-10-27-39(30)57-45(31)36/h1-27H. The van der Waals surface area contributed by atoms with E-state index in [9.17, 15) is 0 Å². The van der Waals surface area contributed by atoms with E-state index in [-0.39, 0.29) is 0 Å². The second-order valence-corrected chi connectivity index (χ2v) is 15.0. The van der Waals surface area contributed by atoms with E-state index in [0.717, 1.165) is 59.8 Å². The van der Waals surface area contributed by atoms with Crippen LogP contribution in [0.15, 0.2) is 173 Å². The maximum Gasteiger partial charge on any atom is 0.180 e. The van der Waals surface area contributed by atoms with Gasteiger partial charge in [-0.2, -0.15) is 0 Å². The zero-order chi connectivity index (χ0) is 37.5. The summed E-state index contributed by atoms with van der Waals surface area (Å²) in [6.07, 6.45) is 0. The number of hydrogen-bond donors (Lipinski definition) is 0. The summed E-state index contributed by atoms with van der Waals surface area (Å²) < 4.78 is 15.7. The molecule has 57 heavy (non-hydrogen) atoms. The number of furan rings is 2. The second-order valence-electron chi connectivity index (χ2n) is 14.0. The number of hydrogen-bond acceptors (Lipinski definition) is 8. The van der Waals surface area contributed by atoms with Gasteiger partial charge in [-0.15, -0.1) is 11.3 Å². The first-order valence-corrected chi connectivity index (χ1v) is 19.5. The van der Waals surface area contributed by atoms with Gasteiger partial charge in [0.2, 0.25) is 0 Å². The van der Waals surface area contributed by atoms with Gasteiger partial charge in [-0.05, 0) is 36.4 Å². The van der Waals surface area contributed by atoms with E-state index in [1.165, 1.54) is 15.5 Å². The van der Waals surface area contributed by atoms with E-state index in [1.54, 1.807) is 11.3 Å². The molecule has 0 amide bonds. The summed E-state index contributed by atoms with van der Waals surface area (Å²) >= 11 is 1.76. The molecule has 0 N–H and O–H groups in total. The summed E-state index contributed by atoms with van der Waals surface area (Å²) in [4.78, 5) is 25.7. The number of rotatable bonds is 5. The van der Waals surface area contributed by atoms with Gasteiger partial charge in [0.1, 0.15) is 28.0 Å². The number of thiophene rings is 1. The third kappa shape index (κ3) is 5.01. The maximum atomic E-state index is 6.82. The van der Waals surface area contributed by atoms with Crippen molar-refractivity contribution in [1.82, 2.24) is 24.9 Å². The molecule has 0 spiro atoms. The fourth-order valence-corrected chi connectivity index (χ4v) is 9.18. The molecule has 0 saturated carbocycles. The quantitative estimate of drug-likeness (QED) is 0.173. The molecule has 0 fully saturated rings. The first kappa shape index (κ1) is 31.8. The predicted molar refractivity (Wildman–Crippen MR) is 230 cm³/mol. The van der Waals surface area contributed by atoms with Crippen LogP contribution < -0.4 is 0 Å². The highest BCUT2D eigenvalue weighted by atomic mass is 32.1. The van der Waals surface area contributed by atoms with Gasteiger partial charge in [0.05, 0.1) is 0 Å². The Hall–Kier alpha value is -7.55. The zero-order valence-corrected chi connectivity index (χ0v) is 30.9. The van der Waals surface area contributed by atoms with Gasteiger partial charge in [-0.25, -0.2) is 24.9 Å². The minimum atomic E-state index is 0.559. The van der Waals surface area contributed by atoms with Gasteiger partial charge in [0.15, 0.2) is 28.9 Å². The van der Waals surface area contributed by atoms with Crippen molar-refractivity contribution in [3.63, 3.8) is 0 Å². The van der Waals surface area contributed by atoms with Crippen molar-refractivity contribution in [3.8, 4) is 56.8 Å². The Morgan fingerprint density at radius 1 is 0.368 bits per heavy atom. The van der Waals surface area contributed by atoms with Crippen molar-refractivity contribution >= 4 is 75.5 Å². The Kier molecular flexibility index (Phi) is 6.96. The fourth-order valence-electron chi connectivity index (χ4n) is 7.97. The molecule has 7 nitrogen and oxygen atoms in total. The molecule has 12 rings (SSSR count). The summed E-state index contributed by atoms with van der Waals surface area (Å²) in [5, 5.41) is 5.16. The average Bonchev–Trinajstić information content (AvgIpc) is 3.98. The Labute approximate surface area is 328 Å². The van der Waals surface area contributed by atoms with Gasteiger partial charge >= 0.3 is 0 Å². The Morgan fingerprint density at radius 2 is 0.930 bits per heavy atom. The van der Waals surface area contributed by atoms with Crippen LogP contribution in [0.1, 0.15) is 0 Å². The number of aromatic nitrogens is 5. The largest absolute Gasteiger partial charge is 0.455 e. The molecule has 0 aliphatic heterocycles. The van der Waals surface area contributed by atoms with Crippen LogP contribution in [0.4, 0.5) is 0 Å². The summed E-state index contributed by atoms with van der Waals surface area (Å²) in [5.74, 6) is 2.38. The number of nitrogens with zero attached hydrogens (tertiary/aromatic N) is 5. The number of para-hydroxylation sites is 2. The summed E-state index contributed by atoms with van der Waals surface area (Å²) in [6, 6.07) is 55.2. The maximum absolute atomic E-state index is 6.82. The van der Waals surface area contributed by atoms with Gasteiger partial charge in [0.25, 0.3) is 0 Å². The number of fused-ring (bicyclic) bond motifs is 9. The van der Waals surface area contributed by atoms with E-state index >= 15 is 0 Å². The lowest BCUT2D eigenvalue weighted by molar-refractivity contribution is 0.663. The molecule has 266 valence electrons. The third-order valence-corrected chi connectivity index (χ3v) is 11.8. The first-order chi connectivity index (χ1) is 28.2. The topological polar surface area (TPSA) is 90.7 Å². The lowest BCUT2D eigenvalue weighted by atomic mass is 10.0. The van der Waals surface area contributed by atoms with Crippen molar-refractivity contribution in [2.45, 2.75) is 0 Å². The smallest absolute Gasteiger partial charge is 0.180 e. The van der Waals surface area contributed by atoms with Crippen LogP contribution in [0, 0.1) is 0 Å². The van der Waals surface area contributed by atoms with Crippen LogP contribution in [-0.2, 0) is 0 Å². The lowest BCUT2D eigenvalue weighted by Gasteiger charge is -2.10. The minimum Gasteiger partial charge on any atom is -0.455 e. The van der Waals surface area contributed by atoms with Gasteiger partial charge in [-0.1, -0.05) is 127 Å². The molecule has 0 saturated heterocycles. The average molecular weight is 750 g/mol. The highest BCUT2D eigenvalue weighted by molar-refractivity contribution is 7.26. The molecular formula is C49H27N5O2S. The molecule has 0 bridgehead atoms. The molecule has 0 aliphatic rings. The molecular weight excluding hydrogens is 723 g/mol. The highest BCUT2D eigenvalue weighted by Gasteiger charge is 2.24. The molecule has 5 aromatic heterocycles. The summed E-state index contributed by atoms with van der Waals surface area (Å²) in [7, 11) is 0. The summed E-state index contributed by atoms with van der Waals surface area (Å²) in [5.41, 5.74) is 8.60. The normalized spacial score (nSPS) is 11.9. The number of benzene rings is 7. The Balaban J connectivity index is 1.11. The van der Waals surface area contributed by atoms with Crippen LogP contribution in [0.2, 0.25) is 0 Å². The molecule has 0 unspecified atom stereocenters. The third-order valence-electron chi connectivity index (χ3n) is 10.6. The Morgan fingerprint density at radius 3 is 1.74 bits per heavy atom. The summed E-state index contributed by atoms with van der Waals surface area (Å²) in [6.45, 7) is 0. The predicted octanol–water partition coefficient (Wildman–Crippen LogP) is 13.2. The van der Waals surface area contributed by atoms with Crippen LogP contribution in [0.5, 0.6) is 0 Å². The van der Waals surface area contributed by atoms with Crippen LogP contribution in [-0.4, -0.2) is 24.9 Å². The van der Waals surface area contributed by atoms with Crippen molar-refractivity contribution < 1.29 is 8.83 Å². The zero-order valence-electron chi connectivity index (χ0n) is 30.0. The van der Waals surface area contributed by atoms with Gasteiger partial charge < -0.3 is 8.83 Å². The minimum absolute atomic E-state index is 0.559. The molecule has 5 heterocycles. The molecule has 0 atom stereocenters. The molecule has 0 radical (unpaired) electrons. The van der Waals surface area contributed by atoms with Crippen LogP contribution >= 0.6 is 11.3 Å². The van der Waals surface area contributed by atoms with Crippen LogP contribution in [0.3, 0.4) is 0 Å². The van der Waals surface area contributed by atoms with E-state index in [2.05, 4.69) is 54.6 Å². The van der Waals surface area contributed by atoms with Crippen molar-refractivity contribution in [2.24, 2.45) is 0 Å². The SMILES string of the molecule is c1ccc(-c2nc(-c3cccc4c3sc3ccccc34)nc(-c3cccc4oc5c(-c6nc(-c7ccccc7)nc7c6oc6ccccc67)cccc5c34)n2)cc1. The van der Waals surface area contributed by atoms with E-state index in [0.29, 0.717) is 45.7 Å².